The third-order valence-corrected chi connectivity index (χ3v) is 6.40. The Bertz CT molecular complexity index is 1100. The van der Waals surface area contributed by atoms with Crippen LogP contribution in [-0.4, -0.2) is 42.2 Å². The van der Waals surface area contributed by atoms with Crippen molar-refractivity contribution < 1.29 is 23.8 Å². The van der Waals surface area contributed by atoms with Crippen molar-refractivity contribution in [2.75, 3.05) is 13.3 Å². The van der Waals surface area contributed by atoms with E-state index in [1.54, 1.807) is 11.0 Å². The average Bonchev–Trinajstić information content (AvgIpc) is 3.28. The number of carbonyl (C=O) groups excluding carboxylic acids is 2. The first-order valence-electron chi connectivity index (χ1n) is 11.5. The molecule has 2 aromatic carbocycles. The molecule has 7 nitrogen and oxygen atoms in total. The number of hydrogen-bond donors (Lipinski definition) is 1. The molecule has 172 valence electrons. The summed E-state index contributed by atoms with van der Waals surface area (Å²) in [5, 5.41) is 2.94. The van der Waals surface area contributed by atoms with Gasteiger partial charge in [-0.05, 0) is 55.5 Å². The summed E-state index contributed by atoms with van der Waals surface area (Å²) in [5.41, 5.74) is 2.94. The molecule has 0 spiro atoms. The predicted octanol–water partition coefficient (Wildman–Crippen LogP) is 3.55. The summed E-state index contributed by atoms with van der Waals surface area (Å²) in [4.78, 5) is 27.9. The van der Waals surface area contributed by atoms with Crippen LogP contribution >= 0.6 is 0 Å². The zero-order valence-corrected chi connectivity index (χ0v) is 18.7. The number of fused-ring (bicyclic) bond motifs is 2. The summed E-state index contributed by atoms with van der Waals surface area (Å²) in [5.74, 6) is 1.29. The Kier molecular flexibility index (Phi) is 5.94. The number of carbonyl (C=O) groups is 2. The smallest absolute Gasteiger partial charge is 0.289 e. The number of nitrogens with one attached hydrogen (secondary N) is 1. The predicted molar refractivity (Wildman–Crippen MR) is 122 cm³/mol. The molecule has 2 aliphatic heterocycles. The fraction of sp³-hybridized carbons (Fsp3) is 0.385. The number of hydrogen-bond acceptors (Lipinski definition) is 5. The molecule has 2 amide bonds. The van der Waals surface area contributed by atoms with Crippen LogP contribution in [0.2, 0.25) is 0 Å². The van der Waals surface area contributed by atoms with Crippen LogP contribution in [0.1, 0.15) is 42.4 Å². The lowest BCUT2D eigenvalue weighted by Gasteiger charge is -2.44. The second-order valence-corrected chi connectivity index (χ2v) is 8.83. The molecular formula is C26H28N2O5. The van der Waals surface area contributed by atoms with E-state index >= 15 is 0 Å². The minimum atomic E-state index is -0.224. The zero-order chi connectivity index (χ0) is 22.8. The summed E-state index contributed by atoms with van der Waals surface area (Å²) in [6.45, 7) is 2.60. The molecule has 0 bridgehead atoms. The van der Waals surface area contributed by atoms with Gasteiger partial charge in [-0.2, -0.15) is 0 Å². The van der Waals surface area contributed by atoms with Gasteiger partial charge in [-0.15, -0.1) is 0 Å². The molecule has 1 saturated heterocycles. The third kappa shape index (κ3) is 4.67. The molecule has 1 aliphatic carbocycles. The van der Waals surface area contributed by atoms with Crippen molar-refractivity contribution >= 4 is 17.9 Å². The van der Waals surface area contributed by atoms with E-state index in [4.69, 9.17) is 14.2 Å². The largest absolute Gasteiger partial charge is 0.482 e. The van der Waals surface area contributed by atoms with E-state index in [0.29, 0.717) is 23.8 Å². The van der Waals surface area contributed by atoms with E-state index in [0.717, 1.165) is 42.4 Å². The standard InChI is InChI=1S/C26H28N2O5/c1-17-5-4-6-18(11-17)12-24-26(30)28(20-7-2-3-8-21(20)33-24)15-25(29)27-14-19-9-10-22-23(13-19)32-16-31-22/h4-6,9-13,20-21H,2-3,7-8,14-16H2,1H3,(H,27,29)/b24-12+. The lowest BCUT2D eigenvalue weighted by molar-refractivity contribution is -0.151. The van der Waals surface area contributed by atoms with Crippen LogP contribution < -0.4 is 14.8 Å². The molecule has 0 radical (unpaired) electrons. The van der Waals surface area contributed by atoms with Gasteiger partial charge < -0.3 is 24.4 Å². The SMILES string of the molecule is Cc1cccc(/C=C2/OC3CCCCC3N(CC(=O)NCc3ccc4c(c3)OCO4)C2=O)c1. The van der Waals surface area contributed by atoms with E-state index in [9.17, 15) is 9.59 Å². The van der Waals surface area contributed by atoms with Crippen LogP contribution in [0.3, 0.4) is 0 Å². The highest BCUT2D eigenvalue weighted by molar-refractivity contribution is 5.98. The van der Waals surface area contributed by atoms with E-state index in [1.165, 1.54) is 0 Å². The highest BCUT2D eigenvalue weighted by Gasteiger charge is 2.42. The van der Waals surface area contributed by atoms with Gasteiger partial charge in [0.25, 0.3) is 5.91 Å². The maximum Gasteiger partial charge on any atom is 0.289 e. The van der Waals surface area contributed by atoms with Crippen LogP contribution in [0.4, 0.5) is 0 Å². The van der Waals surface area contributed by atoms with Crippen molar-refractivity contribution in [3.05, 3.63) is 64.9 Å². The second kappa shape index (κ2) is 9.17. The summed E-state index contributed by atoms with van der Waals surface area (Å²) in [6, 6.07) is 13.5. The van der Waals surface area contributed by atoms with E-state index in [1.807, 2.05) is 49.4 Å². The van der Waals surface area contributed by atoms with Gasteiger partial charge in [0.05, 0.1) is 6.04 Å². The Morgan fingerprint density at radius 2 is 1.97 bits per heavy atom. The first-order valence-corrected chi connectivity index (χ1v) is 11.5. The average molecular weight is 449 g/mol. The normalized spacial score (nSPS) is 22.6. The summed E-state index contributed by atoms with van der Waals surface area (Å²) < 4.78 is 16.9. The first-order chi connectivity index (χ1) is 16.1. The number of amides is 2. The molecular weight excluding hydrogens is 420 g/mol. The molecule has 2 heterocycles. The van der Waals surface area contributed by atoms with E-state index < -0.39 is 0 Å². The molecule has 2 fully saturated rings. The molecule has 33 heavy (non-hydrogen) atoms. The second-order valence-electron chi connectivity index (χ2n) is 8.83. The summed E-state index contributed by atoms with van der Waals surface area (Å²) in [6.07, 6.45) is 5.55. The van der Waals surface area contributed by atoms with Crippen molar-refractivity contribution in [1.82, 2.24) is 10.2 Å². The molecule has 0 aromatic heterocycles. The fourth-order valence-corrected chi connectivity index (χ4v) is 4.74. The molecule has 3 aliphatic rings. The molecule has 2 aromatic rings. The Morgan fingerprint density at radius 1 is 1.12 bits per heavy atom. The maximum atomic E-state index is 13.3. The van der Waals surface area contributed by atoms with Gasteiger partial charge in [-0.1, -0.05) is 42.3 Å². The van der Waals surface area contributed by atoms with Crippen molar-refractivity contribution in [2.24, 2.45) is 0 Å². The van der Waals surface area contributed by atoms with E-state index in [-0.39, 0.29) is 37.3 Å². The topological polar surface area (TPSA) is 77.1 Å². The first kappa shape index (κ1) is 21.4. The van der Waals surface area contributed by atoms with Crippen molar-refractivity contribution in [3.8, 4) is 11.5 Å². The molecule has 2 atom stereocenters. The Morgan fingerprint density at radius 3 is 2.85 bits per heavy atom. The van der Waals surface area contributed by atoms with Crippen LogP contribution in [0.15, 0.2) is 48.2 Å². The van der Waals surface area contributed by atoms with E-state index in [2.05, 4.69) is 5.32 Å². The highest BCUT2D eigenvalue weighted by atomic mass is 16.7. The minimum Gasteiger partial charge on any atom is -0.482 e. The monoisotopic (exact) mass is 448 g/mol. The number of rotatable bonds is 5. The van der Waals surface area contributed by atoms with Crippen molar-refractivity contribution in [2.45, 2.75) is 51.3 Å². The lowest BCUT2D eigenvalue weighted by Crippen LogP contribution is -2.57. The fourth-order valence-electron chi connectivity index (χ4n) is 4.74. The van der Waals surface area contributed by atoms with Gasteiger partial charge in [0, 0.05) is 6.54 Å². The molecule has 2 unspecified atom stereocenters. The van der Waals surface area contributed by atoms with Crippen LogP contribution in [0.5, 0.6) is 11.5 Å². The van der Waals surface area contributed by atoms with Gasteiger partial charge in [0.1, 0.15) is 12.6 Å². The zero-order valence-electron chi connectivity index (χ0n) is 18.7. The number of aryl methyl sites for hydroxylation is 1. The molecule has 1 N–H and O–H groups in total. The van der Waals surface area contributed by atoms with Crippen LogP contribution in [-0.2, 0) is 20.9 Å². The van der Waals surface area contributed by atoms with Gasteiger partial charge >= 0.3 is 0 Å². The Labute approximate surface area is 193 Å². The third-order valence-electron chi connectivity index (χ3n) is 6.40. The van der Waals surface area contributed by atoms with Crippen molar-refractivity contribution in [1.29, 1.82) is 0 Å². The van der Waals surface area contributed by atoms with Crippen molar-refractivity contribution in [3.63, 3.8) is 0 Å². The Hall–Kier alpha value is -3.48. The van der Waals surface area contributed by atoms with Crippen LogP contribution in [0, 0.1) is 6.92 Å². The summed E-state index contributed by atoms with van der Waals surface area (Å²) in [7, 11) is 0. The molecule has 5 rings (SSSR count). The number of ether oxygens (including phenoxy) is 3. The quantitative estimate of drug-likeness (QED) is 0.708. The van der Waals surface area contributed by atoms with Gasteiger partial charge in [0.15, 0.2) is 17.3 Å². The highest BCUT2D eigenvalue weighted by Crippen LogP contribution is 2.34. The summed E-state index contributed by atoms with van der Waals surface area (Å²) >= 11 is 0. The molecule has 7 heteroatoms. The number of morpholine rings is 1. The van der Waals surface area contributed by atoms with Crippen LogP contribution in [0.25, 0.3) is 6.08 Å². The number of benzene rings is 2. The number of nitrogens with zero attached hydrogens (tertiary/aromatic N) is 1. The molecule has 1 saturated carbocycles. The maximum absolute atomic E-state index is 13.3. The van der Waals surface area contributed by atoms with Gasteiger partial charge in [0.2, 0.25) is 12.7 Å². The lowest BCUT2D eigenvalue weighted by atomic mass is 9.89. The van der Waals surface area contributed by atoms with Gasteiger partial charge in [-0.25, -0.2) is 0 Å². The Balaban J connectivity index is 1.29. The minimum absolute atomic E-state index is 0.0130. The van der Waals surface area contributed by atoms with Gasteiger partial charge in [-0.3, -0.25) is 9.59 Å².